The van der Waals surface area contributed by atoms with Gasteiger partial charge in [0.1, 0.15) is 0 Å². The molecule has 70 valence electrons. The van der Waals surface area contributed by atoms with E-state index in [1.54, 1.807) is 19.2 Å². The van der Waals surface area contributed by atoms with Crippen LogP contribution in [0.15, 0.2) is 23.1 Å². The maximum absolute atomic E-state index is 10.9. The van der Waals surface area contributed by atoms with Crippen molar-refractivity contribution in [1.82, 2.24) is 0 Å². The van der Waals surface area contributed by atoms with Gasteiger partial charge in [-0.05, 0) is 18.4 Å². The third-order valence-electron chi connectivity index (χ3n) is 1.73. The molecule has 0 unspecified atom stereocenters. The van der Waals surface area contributed by atoms with Crippen molar-refractivity contribution in [1.29, 1.82) is 0 Å². The third-order valence-corrected chi connectivity index (χ3v) is 2.51. The lowest BCUT2D eigenvalue weighted by molar-refractivity contribution is 0.0694. The van der Waals surface area contributed by atoms with Gasteiger partial charge in [0.05, 0.1) is 5.56 Å². The summed E-state index contributed by atoms with van der Waals surface area (Å²) in [4.78, 5) is 11.7. The van der Waals surface area contributed by atoms with Crippen LogP contribution in [0.4, 0.5) is 5.69 Å². The van der Waals surface area contributed by atoms with Crippen molar-refractivity contribution in [3.63, 3.8) is 0 Å². The number of carbonyl (C=O) groups is 1. The second kappa shape index (κ2) is 4.18. The van der Waals surface area contributed by atoms with Crippen LogP contribution in [0.2, 0.25) is 0 Å². The first-order chi connectivity index (χ1) is 6.20. The number of hydrogen-bond donors (Lipinski definition) is 2. The average Bonchev–Trinajstić information content (AvgIpc) is 2.16. The zero-order chi connectivity index (χ0) is 9.84. The maximum Gasteiger partial charge on any atom is 0.338 e. The Balaban J connectivity index is 3.29. The SMILES string of the molecule is CNc1cccc(SC)c1C(=O)O. The minimum Gasteiger partial charge on any atom is -0.478 e. The summed E-state index contributed by atoms with van der Waals surface area (Å²) in [5.41, 5.74) is 0.997. The van der Waals surface area contributed by atoms with Gasteiger partial charge < -0.3 is 10.4 Å². The molecule has 0 fully saturated rings. The van der Waals surface area contributed by atoms with E-state index in [4.69, 9.17) is 5.11 Å². The summed E-state index contributed by atoms with van der Waals surface area (Å²) >= 11 is 1.43. The van der Waals surface area contributed by atoms with Crippen molar-refractivity contribution in [2.75, 3.05) is 18.6 Å². The second-order valence-corrected chi connectivity index (χ2v) is 3.29. The average molecular weight is 197 g/mol. The molecule has 0 saturated carbocycles. The number of carboxylic acids is 1. The van der Waals surface area contributed by atoms with E-state index in [0.29, 0.717) is 11.3 Å². The molecule has 0 bridgehead atoms. The highest BCUT2D eigenvalue weighted by Gasteiger charge is 2.13. The fourth-order valence-electron chi connectivity index (χ4n) is 1.13. The lowest BCUT2D eigenvalue weighted by Gasteiger charge is -2.08. The number of hydrogen-bond acceptors (Lipinski definition) is 3. The molecule has 0 amide bonds. The lowest BCUT2D eigenvalue weighted by Crippen LogP contribution is -2.04. The van der Waals surface area contributed by atoms with Crippen LogP contribution in [-0.4, -0.2) is 24.4 Å². The highest BCUT2D eigenvalue weighted by molar-refractivity contribution is 7.98. The standard InChI is InChI=1S/C9H11NO2S/c1-10-6-4-3-5-7(13-2)8(6)9(11)12/h3-5,10H,1-2H3,(H,11,12). The summed E-state index contributed by atoms with van der Waals surface area (Å²) in [7, 11) is 1.71. The van der Waals surface area contributed by atoms with Gasteiger partial charge >= 0.3 is 5.97 Å². The molecule has 0 aliphatic rings. The summed E-state index contributed by atoms with van der Waals surface area (Å²) in [5.74, 6) is -0.894. The van der Waals surface area contributed by atoms with Gasteiger partial charge in [0.25, 0.3) is 0 Å². The van der Waals surface area contributed by atoms with Crippen LogP contribution < -0.4 is 5.32 Å². The van der Waals surface area contributed by atoms with Gasteiger partial charge in [-0.2, -0.15) is 0 Å². The zero-order valence-corrected chi connectivity index (χ0v) is 8.31. The largest absolute Gasteiger partial charge is 0.478 e. The molecule has 0 aliphatic carbocycles. The minimum absolute atomic E-state index is 0.345. The van der Waals surface area contributed by atoms with E-state index < -0.39 is 5.97 Å². The van der Waals surface area contributed by atoms with Crippen LogP contribution in [0.1, 0.15) is 10.4 Å². The van der Waals surface area contributed by atoms with Crippen LogP contribution in [0, 0.1) is 0 Å². The molecule has 13 heavy (non-hydrogen) atoms. The Labute approximate surface area is 81.2 Å². The van der Waals surface area contributed by atoms with Crippen molar-refractivity contribution >= 4 is 23.4 Å². The number of anilines is 1. The molecule has 2 N–H and O–H groups in total. The Morgan fingerprint density at radius 3 is 2.69 bits per heavy atom. The monoisotopic (exact) mass is 197 g/mol. The number of rotatable bonds is 3. The fourth-order valence-corrected chi connectivity index (χ4v) is 1.75. The molecule has 1 rings (SSSR count). The van der Waals surface area contributed by atoms with Crippen LogP contribution in [0.25, 0.3) is 0 Å². The van der Waals surface area contributed by atoms with Gasteiger partial charge in [0.2, 0.25) is 0 Å². The van der Waals surface area contributed by atoms with Gasteiger partial charge in [-0.3, -0.25) is 0 Å². The number of nitrogens with one attached hydrogen (secondary N) is 1. The number of thioether (sulfide) groups is 1. The Hall–Kier alpha value is -1.16. The summed E-state index contributed by atoms with van der Waals surface area (Å²) in [6.07, 6.45) is 1.86. The molecule has 0 aromatic heterocycles. The first kappa shape index (κ1) is 9.92. The number of benzene rings is 1. The van der Waals surface area contributed by atoms with E-state index in [0.717, 1.165) is 4.90 Å². The summed E-state index contributed by atoms with van der Waals surface area (Å²) in [6.45, 7) is 0. The molecule has 4 heteroatoms. The molecule has 1 aromatic rings. The van der Waals surface area contributed by atoms with Gasteiger partial charge in [0, 0.05) is 17.6 Å². The molecule has 0 heterocycles. The minimum atomic E-state index is -0.894. The van der Waals surface area contributed by atoms with Crippen molar-refractivity contribution in [3.05, 3.63) is 23.8 Å². The van der Waals surface area contributed by atoms with Gasteiger partial charge in [-0.1, -0.05) is 6.07 Å². The Morgan fingerprint density at radius 1 is 1.54 bits per heavy atom. The normalized spacial score (nSPS) is 9.69. The van der Waals surface area contributed by atoms with E-state index in [1.165, 1.54) is 11.8 Å². The quantitative estimate of drug-likeness (QED) is 0.729. The van der Waals surface area contributed by atoms with Gasteiger partial charge in [0.15, 0.2) is 0 Å². The zero-order valence-electron chi connectivity index (χ0n) is 7.50. The van der Waals surface area contributed by atoms with Crippen LogP contribution >= 0.6 is 11.8 Å². The van der Waals surface area contributed by atoms with E-state index in [-0.39, 0.29) is 0 Å². The number of aromatic carboxylic acids is 1. The van der Waals surface area contributed by atoms with Crippen LogP contribution in [-0.2, 0) is 0 Å². The lowest BCUT2D eigenvalue weighted by atomic mass is 10.2. The van der Waals surface area contributed by atoms with E-state index >= 15 is 0 Å². The molecule has 1 aromatic carbocycles. The third kappa shape index (κ3) is 1.95. The molecule has 0 spiro atoms. The Morgan fingerprint density at radius 2 is 2.23 bits per heavy atom. The van der Waals surface area contributed by atoms with E-state index in [1.807, 2.05) is 12.3 Å². The highest BCUT2D eigenvalue weighted by atomic mass is 32.2. The van der Waals surface area contributed by atoms with E-state index in [9.17, 15) is 4.79 Å². The predicted octanol–water partition coefficient (Wildman–Crippen LogP) is 2.15. The molecule has 0 radical (unpaired) electrons. The summed E-state index contributed by atoms with van der Waals surface area (Å²) in [6, 6.07) is 5.39. The predicted molar refractivity (Wildman–Crippen MR) is 54.7 cm³/mol. The summed E-state index contributed by atoms with van der Waals surface area (Å²) in [5, 5.41) is 11.8. The summed E-state index contributed by atoms with van der Waals surface area (Å²) < 4.78 is 0. The van der Waals surface area contributed by atoms with Crippen LogP contribution in [0.5, 0.6) is 0 Å². The van der Waals surface area contributed by atoms with Crippen molar-refractivity contribution in [3.8, 4) is 0 Å². The molecule has 0 aliphatic heterocycles. The maximum atomic E-state index is 10.9. The van der Waals surface area contributed by atoms with Crippen molar-refractivity contribution < 1.29 is 9.90 Å². The topological polar surface area (TPSA) is 49.3 Å². The molecular formula is C9H11NO2S. The van der Waals surface area contributed by atoms with Crippen LogP contribution in [0.3, 0.4) is 0 Å². The molecular weight excluding hydrogens is 186 g/mol. The molecule has 0 saturated heterocycles. The van der Waals surface area contributed by atoms with Gasteiger partial charge in [-0.15, -0.1) is 11.8 Å². The van der Waals surface area contributed by atoms with Gasteiger partial charge in [-0.25, -0.2) is 4.79 Å². The van der Waals surface area contributed by atoms with E-state index in [2.05, 4.69) is 5.32 Å². The second-order valence-electron chi connectivity index (χ2n) is 2.44. The Kier molecular flexibility index (Phi) is 3.19. The van der Waals surface area contributed by atoms with Crippen molar-refractivity contribution in [2.24, 2.45) is 0 Å². The smallest absolute Gasteiger partial charge is 0.338 e. The molecule has 3 nitrogen and oxygen atoms in total. The Bertz CT molecular complexity index is 303. The number of carboxylic acid groups (broad SMARTS) is 1. The van der Waals surface area contributed by atoms with Crippen molar-refractivity contribution in [2.45, 2.75) is 4.90 Å². The highest BCUT2D eigenvalue weighted by Crippen LogP contribution is 2.26. The fraction of sp³-hybridized carbons (Fsp3) is 0.222. The first-order valence-corrected chi connectivity index (χ1v) is 5.01. The first-order valence-electron chi connectivity index (χ1n) is 3.78. The molecule has 0 atom stereocenters.